The predicted molar refractivity (Wildman–Crippen MR) is 109 cm³/mol. The molecule has 0 fully saturated rings. The first-order chi connectivity index (χ1) is 14.3. The molecule has 0 saturated heterocycles. The third kappa shape index (κ3) is 3.59. The molecule has 1 aliphatic rings. The molecule has 4 rings (SSSR count). The minimum atomic E-state index is -3.76. The Balaban J connectivity index is 1.67. The number of rotatable bonds is 6. The number of carboxylic acids is 1. The van der Waals surface area contributed by atoms with Crippen molar-refractivity contribution in [3.63, 3.8) is 0 Å². The van der Waals surface area contributed by atoms with Gasteiger partial charge >= 0.3 is 5.97 Å². The lowest BCUT2D eigenvalue weighted by atomic mass is 9.91. The highest BCUT2D eigenvalue weighted by Gasteiger charge is 2.33. The van der Waals surface area contributed by atoms with E-state index < -0.39 is 21.8 Å². The van der Waals surface area contributed by atoms with Crippen LogP contribution in [0.2, 0.25) is 0 Å². The molecule has 1 N–H and O–H groups in total. The van der Waals surface area contributed by atoms with Gasteiger partial charge in [0.15, 0.2) is 0 Å². The Kier molecular flexibility index (Phi) is 5.33. The molecule has 3 aromatic rings. The largest absolute Gasteiger partial charge is 0.481 e. The first-order valence-corrected chi connectivity index (χ1v) is 11.1. The van der Waals surface area contributed by atoms with Crippen molar-refractivity contribution >= 4 is 26.9 Å². The summed E-state index contributed by atoms with van der Waals surface area (Å²) in [5.74, 6) is -1.35. The Morgan fingerprint density at radius 2 is 2.03 bits per heavy atom. The lowest BCUT2D eigenvalue weighted by Crippen LogP contribution is -2.40. The maximum atomic E-state index is 13.2. The van der Waals surface area contributed by atoms with Gasteiger partial charge in [-0.15, -0.1) is 0 Å². The van der Waals surface area contributed by atoms with E-state index in [4.69, 9.17) is 5.11 Å². The van der Waals surface area contributed by atoms with Gasteiger partial charge in [0.25, 0.3) is 0 Å². The topological polar surface area (TPSA) is 92.5 Å². The molecule has 0 aliphatic heterocycles. The van der Waals surface area contributed by atoms with Crippen molar-refractivity contribution in [3.8, 4) is 0 Å². The average Bonchev–Trinajstić information content (AvgIpc) is 3.05. The zero-order valence-electron chi connectivity index (χ0n) is 16.5. The number of aromatic nitrogens is 2. The van der Waals surface area contributed by atoms with Crippen molar-refractivity contribution in [1.82, 2.24) is 13.9 Å². The summed E-state index contributed by atoms with van der Waals surface area (Å²) in [6.45, 7) is 0.348. The molecule has 7 nitrogen and oxygen atoms in total. The van der Waals surface area contributed by atoms with Gasteiger partial charge in [0.1, 0.15) is 5.82 Å². The van der Waals surface area contributed by atoms with Gasteiger partial charge in [0.2, 0.25) is 10.0 Å². The summed E-state index contributed by atoms with van der Waals surface area (Å²) in [6.07, 6.45) is 5.19. The minimum absolute atomic E-state index is 0.00733. The molecule has 2 heterocycles. The highest BCUT2D eigenvalue weighted by Crippen LogP contribution is 2.34. The van der Waals surface area contributed by atoms with E-state index in [0.717, 1.165) is 34.3 Å². The Hall–Kier alpha value is -2.78. The van der Waals surface area contributed by atoms with Crippen LogP contribution in [-0.2, 0) is 34.2 Å². The fraction of sp³-hybridized carbons (Fsp3) is 0.333. The number of carbonyl (C=O) groups is 1. The molecule has 0 amide bonds. The van der Waals surface area contributed by atoms with E-state index in [1.54, 1.807) is 19.4 Å². The summed E-state index contributed by atoms with van der Waals surface area (Å²) in [6, 6.07) is 6.48. The molecule has 1 atom stereocenters. The zero-order valence-corrected chi connectivity index (χ0v) is 17.3. The summed E-state index contributed by atoms with van der Waals surface area (Å²) in [5, 5.41) is 10.1. The predicted octanol–water partition coefficient (Wildman–Crippen LogP) is 2.83. The van der Waals surface area contributed by atoms with Crippen LogP contribution in [-0.4, -0.2) is 46.4 Å². The van der Waals surface area contributed by atoms with Crippen molar-refractivity contribution in [1.29, 1.82) is 0 Å². The molecule has 1 unspecified atom stereocenters. The molecule has 0 spiro atoms. The van der Waals surface area contributed by atoms with Crippen LogP contribution in [0, 0.1) is 5.82 Å². The molecule has 1 aliphatic carbocycles. The van der Waals surface area contributed by atoms with Crippen molar-refractivity contribution in [3.05, 3.63) is 59.8 Å². The Morgan fingerprint density at radius 3 is 2.73 bits per heavy atom. The van der Waals surface area contributed by atoms with E-state index in [-0.39, 0.29) is 17.4 Å². The lowest BCUT2D eigenvalue weighted by molar-refractivity contribution is -0.137. The molecule has 0 saturated carbocycles. The van der Waals surface area contributed by atoms with Gasteiger partial charge in [0, 0.05) is 36.9 Å². The van der Waals surface area contributed by atoms with Crippen LogP contribution in [0.3, 0.4) is 0 Å². The number of halogens is 1. The van der Waals surface area contributed by atoms with Crippen LogP contribution >= 0.6 is 0 Å². The maximum absolute atomic E-state index is 13.2. The molecule has 0 bridgehead atoms. The first kappa shape index (κ1) is 20.5. The molecule has 0 radical (unpaired) electrons. The third-order valence-electron chi connectivity index (χ3n) is 5.80. The van der Waals surface area contributed by atoms with Crippen LogP contribution in [0.4, 0.5) is 4.39 Å². The van der Waals surface area contributed by atoms with Crippen LogP contribution in [0.5, 0.6) is 0 Å². The highest BCUT2D eigenvalue weighted by molar-refractivity contribution is 7.89. The smallest absolute Gasteiger partial charge is 0.305 e. The van der Waals surface area contributed by atoms with Gasteiger partial charge in [-0.25, -0.2) is 12.8 Å². The SMILES string of the molecule is CN(C1CCc2c(c3ccncc3n2CCC(=O)O)C1)S(=O)(=O)c1ccc(F)cc1. The fourth-order valence-electron chi connectivity index (χ4n) is 4.22. The third-order valence-corrected chi connectivity index (χ3v) is 7.72. The maximum Gasteiger partial charge on any atom is 0.305 e. The van der Waals surface area contributed by atoms with Crippen LogP contribution < -0.4 is 0 Å². The minimum Gasteiger partial charge on any atom is -0.481 e. The number of aryl methyl sites for hydroxylation is 1. The van der Waals surface area contributed by atoms with E-state index in [0.29, 0.717) is 25.8 Å². The van der Waals surface area contributed by atoms with E-state index in [1.807, 2.05) is 10.6 Å². The normalized spacial score (nSPS) is 16.7. The standard InChI is InChI=1S/C21H22FN3O4S/c1-24(30(28,29)16-5-2-14(22)3-6-16)15-4-7-19-18(12-15)17-8-10-23-13-20(17)25(19)11-9-21(26)27/h2-3,5-6,8,10,13,15H,4,7,9,11-12H2,1H3,(H,26,27). The second kappa shape index (κ2) is 7.81. The van der Waals surface area contributed by atoms with Crippen molar-refractivity contribution in [2.75, 3.05) is 7.05 Å². The lowest BCUT2D eigenvalue weighted by Gasteiger charge is -2.31. The number of benzene rings is 1. The van der Waals surface area contributed by atoms with Crippen LogP contribution in [0.1, 0.15) is 24.1 Å². The Labute approximate surface area is 173 Å². The van der Waals surface area contributed by atoms with Gasteiger partial charge < -0.3 is 9.67 Å². The monoisotopic (exact) mass is 431 g/mol. The average molecular weight is 431 g/mol. The molecular formula is C21H22FN3O4S. The van der Waals surface area contributed by atoms with Gasteiger partial charge in [0.05, 0.1) is 23.0 Å². The van der Waals surface area contributed by atoms with E-state index in [9.17, 15) is 17.6 Å². The summed E-state index contributed by atoms with van der Waals surface area (Å²) >= 11 is 0. The second-order valence-electron chi connectivity index (χ2n) is 7.49. The quantitative estimate of drug-likeness (QED) is 0.648. The van der Waals surface area contributed by atoms with Gasteiger partial charge in [-0.3, -0.25) is 9.78 Å². The number of likely N-dealkylation sites (N-methyl/N-ethyl adjacent to an activating group) is 1. The van der Waals surface area contributed by atoms with Gasteiger partial charge in [-0.2, -0.15) is 4.31 Å². The molecular weight excluding hydrogens is 409 g/mol. The second-order valence-corrected chi connectivity index (χ2v) is 9.48. The van der Waals surface area contributed by atoms with Crippen LogP contribution in [0.25, 0.3) is 10.9 Å². The molecule has 2 aromatic heterocycles. The number of hydrogen-bond donors (Lipinski definition) is 1. The molecule has 158 valence electrons. The van der Waals surface area contributed by atoms with Crippen molar-refractivity contribution < 1.29 is 22.7 Å². The number of pyridine rings is 1. The summed E-state index contributed by atoms with van der Waals surface area (Å²) < 4.78 is 42.6. The number of aliphatic carboxylic acids is 1. The van der Waals surface area contributed by atoms with Gasteiger partial charge in [-0.05, 0) is 55.2 Å². The Morgan fingerprint density at radius 1 is 1.30 bits per heavy atom. The summed E-state index contributed by atoms with van der Waals surface area (Å²) in [5.41, 5.74) is 2.95. The number of sulfonamides is 1. The Bertz CT molecular complexity index is 1200. The van der Waals surface area contributed by atoms with E-state index in [1.165, 1.54) is 16.4 Å². The number of carboxylic acid groups (broad SMARTS) is 1. The number of nitrogens with zero attached hydrogens (tertiary/aromatic N) is 3. The van der Waals surface area contributed by atoms with E-state index >= 15 is 0 Å². The fourth-order valence-corrected chi connectivity index (χ4v) is 5.60. The molecule has 30 heavy (non-hydrogen) atoms. The highest BCUT2D eigenvalue weighted by atomic mass is 32.2. The number of fused-ring (bicyclic) bond motifs is 3. The zero-order chi connectivity index (χ0) is 21.5. The number of hydrogen-bond acceptors (Lipinski definition) is 4. The molecule has 9 heteroatoms. The van der Waals surface area contributed by atoms with Gasteiger partial charge in [-0.1, -0.05) is 0 Å². The molecule has 1 aromatic carbocycles. The summed E-state index contributed by atoms with van der Waals surface area (Å²) in [7, 11) is -2.20. The summed E-state index contributed by atoms with van der Waals surface area (Å²) in [4.78, 5) is 15.3. The first-order valence-electron chi connectivity index (χ1n) is 9.68. The van der Waals surface area contributed by atoms with Crippen LogP contribution in [0.15, 0.2) is 47.6 Å². The van der Waals surface area contributed by atoms with Crippen molar-refractivity contribution in [2.24, 2.45) is 0 Å². The van der Waals surface area contributed by atoms with Crippen molar-refractivity contribution in [2.45, 2.75) is 43.2 Å². The van der Waals surface area contributed by atoms with E-state index in [2.05, 4.69) is 4.98 Å².